The van der Waals surface area contributed by atoms with Crippen molar-refractivity contribution in [1.29, 1.82) is 0 Å². The molecule has 0 heterocycles. The van der Waals surface area contributed by atoms with E-state index >= 15 is 0 Å². The first kappa shape index (κ1) is 17.0. The standard InChI is InChI=1S/C16H18N2O4S/c1-11(12-6-4-3-5-7-12)18-16(19)13-8-9-14(22-2)15(10-13)23(17,20)21/h3-11H,1-2H3,(H,18,19)(H2,17,20,21)/t11-/m1/s1. The van der Waals surface area contributed by atoms with Crippen LogP contribution in [0.3, 0.4) is 0 Å². The average Bonchev–Trinajstić information content (AvgIpc) is 2.54. The van der Waals surface area contributed by atoms with Gasteiger partial charge in [-0.3, -0.25) is 4.79 Å². The van der Waals surface area contributed by atoms with Crippen LogP contribution in [0.2, 0.25) is 0 Å². The average molecular weight is 334 g/mol. The molecule has 0 spiro atoms. The second-order valence-electron chi connectivity index (χ2n) is 5.02. The Kier molecular flexibility index (Phi) is 5.02. The minimum atomic E-state index is -3.99. The van der Waals surface area contributed by atoms with Crippen molar-refractivity contribution in [3.63, 3.8) is 0 Å². The van der Waals surface area contributed by atoms with Gasteiger partial charge in [0.05, 0.1) is 13.2 Å². The zero-order valence-electron chi connectivity index (χ0n) is 12.8. The Labute approximate surface area is 135 Å². The fourth-order valence-corrected chi connectivity index (χ4v) is 2.87. The molecule has 0 bridgehead atoms. The molecule has 7 heteroatoms. The van der Waals surface area contributed by atoms with Gasteiger partial charge in [0, 0.05) is 5.56 Å². The van der Waals surface area contributed by atoms with Gasteiger partial charge in [0.1, 0.15) is 10.6 Å². The van der Waals surface area contributed by atoms with E-state index in [0.717, 1.165) is 5.56 Å². The second-order valence-corrected chi connectivity index (χ2v) is 6.55. The van der Waals surface area contributed by atoms with Crippen molar-refractivity contribution < 1.29 is 17.9 Å². The van der Waals surface area contributed by atoms with Crippen LogP contribution >= 0.6 is 0 Å². The molecule has 0 aromatic heterocycles. The first-order valence-corrected chi connectivity index (χ1v) is 8.44. The van der Waals surface area contributed by atoms with Gasteiger partial charge >= 0.3 is 0 Å². The summed E-state index contributed by atoms with van der Waals surface area (Å²) in [6, 6.07) is 13.3. The van der Waals surface area contributed by atoms with Crippen molar-refractivity contribution in [1.82, 2.24) is 5.32 Å². The summed E-state index contributed by atoms with van der Waals surface area (Å²) >= 11 is 0. The van der Waals surface area contributed by atoms with E-state index in [1.807, 2.05) is 37.3 Å². The summed E-state index contributed by atoms with van der Waals surface area (Å²) in [5, 5.41) is 7.97. The van der Waals surface area contributed by atoms with E-state index in [1.165, 1.54) is 25.3 Å². The molecule has 3 N–H and O–H groups in total. The number of rotatable bonds is 5. The summed E-state index contributed by atoms with van der Waals surface area (Å²) in [5.41, 5.74) is 1.14. The minimum absolute atomic E-state index is 0.0974. The largest absolute Gasteiger partial charge is 0.495 e. The lowest BCUT2D eigenvalue weighted by Gasteiger charge is -2.15. The Morgan fingerprint density at radius 2 is 1.83 bits per heavy atom. The monoisotopic (exact) mass is 334 g/mol. The molecule has 0 saturated heterocycles. The first-order chi connectivity index (χ1) is 10.8. The van der Waals surface area contributed by atoms with Crippen LogP contribution in [0.1, 0.15) is 28.9 Å². The van der Waals surface area contributed by atoms with Crippen LogP contribution in [0.25, 0.3) is 0 Å². The molecule has 122 valence electrons. The van der Waals surface area contributed by atoms with Crippen molar-refractivity contribution in [3.05, 3.63) is 59.7 Å². The van der Waals surface area contributed by atoms with Gasteiger partial charge in [0.25, 0.3) is 5.91 Å². The first-order valence-electron chi connectivity index (χ1n) is 6.89. The third-order valence-electron chi connectivity index (χ3n) is 3.38. The Morgan fingerprint density at radius 1 is 1.17 bits per heavy atom. The summed E-state index contributed by atoms with van der Waals surface area (Å²) in [5.74, 6) is -0.297. The molecule has 1 amide bonds. The number of sulfonamides is 1. The highest BCUT2D eigenvalue weighted by Crippen LogP contribution is 2.24. The fourth-order valence-electron chi connectivity index (χ4n) is 2.15. The van der Waals surface area contributed by atoms with Crippen LogP contribution in [-0.4, -0.2) is 21.4 Å². The molecule has 0 unspecified atom stereocenters. The van der Waals surface area contributed by atoms with E-state index in [9.17, 15) is 13.2 Å². The highest BCUT2D eigenvalue weighted by molar-refractivity contribution is 7.89. The van der Waals surface area contributed by atoms with Crippen LogP contribution in [0.15, 0.2) is 53.4 Å². The molecule has 0 radical (unpaired) electrons. The molecular weight excluding hydrogens is 316 g/mol. The van der Waals surface area contributed by atoms with Gasteiger partial charge in [-0.1, -0.05) is 30.3 Å². The quantitative estimate of drug-likeness (QED) is 0.871. The Balaban J connectivity index is 2.26. The molecule has 2 rings (SSSR count). The van der Waals surface area contributed by atoms with Gasteiger partial charge < -0.3 is 10.1 Å². The summed E-state index contributed by atoms with van der Waals surface area (Å²) in [4.78, 5) is 12.1. The molecule has 0 fully saturated rings. The van der Waals surface area contributed by atoms with Crippen molar-refractivity contribution in [3.8, 4) is 5.75 Å². The molecule has 0 saturated carbocycles. The number of carbonyl (C=O) groups excluding carboxylic acids is 1. The van der Waals surface area contributed by atoms with Crippen molar-refractivity contribution in [2.45, 2.75) is 17.9 Å². The number of hydrogen-bond acceptors (Lipinski definition) is 4. The smallest absolute Gasteiger partial charge is 0.251 e. The lowest BCUT2D eigenvalue weighted by atomic mass is 10.1. The molecule has 2 aromatic rings. The van der Waals surface area contributed by atoms with Gasteiger partial charge in [-0.15, -0.1) is 0 Å². The predicted molar refractivity (Wildman–Crippen MR) is 86.7 cm³/mol. The number of methoxy groups -OCH3 is 1. The molecule has 1 atom stereocenters. The van der Waals surface area contributed by atoms with Crippen molar-refractivity contribution >= 4 is 15.9 Å². The molecule has 0 aliphatic rings. The SMILES string of the molecule is COc1ccc(C(=O)N[C@H](C)c2ccccc2)cc1S(N)(=O)=O. The number of amides is 1. The maximum absolute atomic E-state index is 12.3. The molecule has 6 nitrogen and oxygen atoms in total. The Bertz CT molecular complexity index is 804. The molecule has 2 aromatic carbocycles. The van der Waals surface area contributed by atoms with Crippen LogP contribution in [0.5, 0.6) is 5.75 Å². The van der Waals surface area contributed by atoms with Crippen LogP contribution in [-0.2, 0) is 10.0 Å². The number of nitrogens with two attached hydrogens (primary N) is 1. The van der Waals surface area contributed by atoms with Crippen LogP contribution in [0, 0.1) is 0 Å². The van der Waals surface area contributed by atoms with Gasteiger partial charge in [-0.2, -0.15) is 0 Å². The number of benzene rings is 2. The van der Waals surface area contributed by atoms with E-state index in [2.05, 4.69) is 5.32 Å². The zero-order chi connectivity index (χ0) is 17.0. The minimum Gasteiger partial charge on any atom is -0.495 e. The van der Waals surface area contributed by atoms with Gasteiger partial charge in [0.2, 0.25) is 10.0 Å². The van der Waals surface area contributed by atoms with E-state index in [0.29, 0.717) is 0 Å². The Morgan fingerprint density at radius 3 is 2.39 bits per heavy atom. The highest BCUT2D eigenvalue weighted by atomic mass is 32.2. The molecule has 0 aliphatic heterocycles. The number of nitrogens with one attached hydrogen (secondary N) is 1. The number of carbonyl (C=O) groups is 1. The van der Waals surface area contributed by atoms with Crippen molar-refractivity contribution in [2.24, 2.45) is 5.14 Å². The lowest BCUT2D eigenvalue weighted by molar-refractivity contribution is 0.0939. The maximum Gasteiger partial charge on any atom is 0.251 e. The number of primary sulfonamides is 1. The number of ether oxygens (including phenoxy) is 1. The summed E-state index contributed by atoms with van der Waals surface area (Å²) in [6.07, 6.45) is 0. The summed E-state index contributed by atoms with van der Waals surface area (Å²) in [7, 11) is -2.65. The third-order valence-corrected chi connectivity index (χ3v) is 4.31. The lowest BCUT2D eigenvalue weighted by Crippen LogP contribution is -2.27. The predicted octanol–water partition coefficient (Wildman–Crippen LogP) is 1.83. The van der Waals surface area contributed by atoms with Gasteiger partial charge in [-0.05, 0) is 30.7 Å². The zero-order valence-corrected chi connectivity index (χ0v) is 13.6. The fraction of sp³-hybridized carbons (Fsp3) is 0.188. The summed E-state index contributed by atoms with van der Waals surface area (Å²) < 4.78 is 28.2. The van der Waals surface area contributed by atoms with Gasteiger partial charge in [0.15, 0.2) is 0 Å². The topological polar surface area (TPSA) is 98.5 Å². The maximum atomic E-state index is 12.3. The normalized spacial score (nSPS) is 12.5. The van der Waals surface area contributed by atoms with E-state index in [1.54, 1.807) is 0 Å². The van der Waals surface area contributed by atoms with E-state index in [4.69, 9.17) is 9.88 Å². The van der Waals surface area contributed by atoms with Gasteiger partial charge in [-0.25, -0.2) is 13.6 Å². The highest BCUT2D eigenvalue weighted by Gasteiger charge is 2.19. The molecular formula is C16H18N2O4S. The second kappa shape index (κ2) is 6.80. The van der Waals surface area contributed by atoms with Crippen molar-refractivity contribution in [2.75, 3.05) is 7.11 Å². The molecule has 23 heavy (non-hydrogen) atoms. The third kappa shape index (κ3) is 4.08. The van der Waals surface area contributed by atoms with E-state index < -0.39 is 15.9 Å². The molecule has 0 aliphatic carbocycles. The van der Waals surface area contributed by atoms with Crippen LogP contribution < -0.4 is 15.2 Å². The Hall–Kier alpha value is -2.38. The van der Waals surface area contributed by atoms with E-state index in [-0.39, 0.29) is 22.3 Å². The summed E-state index contributed by atoms with van der Waals surface area (Å²) in [6.45, 7) is 1.84. The van der Waals surface area contributed by atoms with Crippen LogP contribution in [0.4, 0.5) is 0 Å². The number of hydrogen-bond donors (Lipinski definition) is 2.